The van der Waals surface area contributed by atoms with E-state index < -0.39 is 23.6 Å². The van der Waals surface area contributed by atoms with Crippen LogP contribution in [0.2, 0.25) is 0 Å². The van der Waals surface area contributed by atoms with Gasteiger partial charge in [0, 0.05) is 21.5 Å². The van der Waals surface area contributed by atoms with Gasteiger partial charge in [-0.3, -0.25) is 10.1 Å². The van der Waals surface area contributed by atoms with Gasteiger partial charge in [-0.2, -0.15) is 18.3 Å². The molecule has 0 atom stereocenters. The van der Waals surface area contributed by atoms with Crippen molar-refractivity contribution in [2.45, 2.75) is 6.18 Å². The summed E-state index contributed by atoms with van der Waals surface area (Å²) in [5, 5.41) is 11.3. The smallest absolute Gasteiger partial charge is 0.417 e. The zero-order chi connectivity index (χ0) is 19.6. The van der Waals surface area contributed by atoms with Crippen LogP contribution >= 0.6 is 23.1 Å². The number of amides is 1. The van der Waals surface area contributed by atoms with Gasteiger partial charge in [-0.25, -0.2) is 4.79 Å². The van der Waals surface area contributed by atoms with Crippen molar-refractivity contribution in [1.82, 2.24) is 5.32 Å². The Balaban J connectivity index is 1.79. The SMILES string of the molecule is COC(=O)/C=C1/S/C(=N\N=Cc2ccc3scc(C(F)(F)F)c3c2)NC1=O. The van der Waals surface area contributed by atoms with Crippen molar-refractivity contribution in [2.24, 2.45) is 10.2 Å². The lowest BCUT2D eigenvalue weighted by Gasteiger charge is -2.04. The van der Waals surface area contributed by atoms with Gasteiger partial charge in [-0.1, -0.05) is 6.07 Å². The lowest BCUT2D eigenvalue weighted by Crippen LogP contribution is -2.19. The van der Waals surface area contributed by atoms with E-state index >= 15 is 0 Å². The first kappa shape index (κ1) is 19.1. The molecule has 2 heterocycles. The second-order valence-corrected chi connectivity index (χ2v) is 7.08. The Morgan fingerprint density at radius 3 is 2.81 bits per heavy atom. The highest BCUT2D eigenvalue weighted by atomic mass is 32.2. The molecule has 0 unspecified atom stereocenters. The van der Waals surface area contributed by atoms with Crippen molar-refractivity contribution in [3.05, 3.63) is 45.7 Å². The summed E-state index contributed by atoms with van der Waals surface area (Å²) in [6.07, 6.45) is -2.13. The number of benzene rings is 1. The standard InChI is InChI=1S/C16H10F3N3O3S2/c1-25-13(23)5-12-14(24)21-15(27-12)22-20-6-8-2-3-11-9(4-8)10(7-26-11)16(17,18)19/h2-7H,1H3,(H,21,22,24)/b12-5+,20-6?. The monoisotopic (exact) mass is 413 g/mol. The van der Waals surface area contributed by atoms with E-state index in [9.17, 15) is 22.8 Å². The van der Waals surface area contributed by atoms with E-state index in [1.807, 2.05) is 0 Å². The number of ether oxygens (including phenoxy) is 1. The number of rotatable bonds is 3. The topological polar surface area (TPSA) is 80.1 Å². The van der Waals surface area contributed by atoms with Crippen LogP contribution in [0.15, 0.2) is 44.8 Å². The number of amidine groups is 1. The summed E-state index contributed by atoms with van der Waals surface area (Å²) in [5.74, 6) is -1.20. The molecule has 1 aromatic carbocycles. The van der Waals surface area contributed by atoms with Crippen molar-refractivity contribution in [2.75, 3.05) is 7.11 Å². The third-order valence-electron chi connectivity index (χ3n) is 3.36. The molecule has 0 spiro atoms. The molecular formula is C16H10F3N3O3S2. The number of fused-ring (bicyclic) bond motifs is 1. The van der Waals surface area contributed by atoms with Crippen LogP contribution in [0, 0.1) is 0 Å². The number of alkyl halides is 3. The highest BCUT2D eigenvalue weighted by Gasteiger charge is 2.33. The first-order chi connectivity index (χ1) is 12.8. The minimum Gasteiger partial charge on any atom is -0.466 e. The second-order valence-electron chi connectivity index (χ2n) is 5.14. The number of carbonyl (C=O) groups excluding carboxylic acids is 2. The van der Waals surface area contributed by atoms with Crippen molar-refractivity contribution < 1.29 is 27.5 Å². The minimum atomic E-state index is -4.43. The van der Waals surface area contributed by atoms with E-state index in [2.05, 4.69) is 20.3 Å². The maximum atomic E-state index is 13.0. The van der Waals surface area contributed by atoms with Crippen molar-refractivity contribution in [1.29, 1.82) is 0 Å². The first-order valence-electron chi connectivity index (χ1n) is 7.26. The highest BCUT2D eigenvalue weighted by molar-refractivity contribution is 8.18. The number of thiophene rings is 1. The number of nitrogens with one attached hydrogen (secondary N) is 1. The van der Waals surface area contributed by atoms with E-state index in [1.165, 1.54) is 19.4 Å². The Hall–Kier alpha value is -2.66. The molecule has 6 nitrogen and oxygen atoms in total. The predicted molar refractivity (Wildman–Crippen MR) is 97.7 cm³/mol. The second kappa shape index (κ2) is 7.53. The fourth-order valence-electron chi connectivity index (χ4n) is 2.14. The summed E-state index contributed by atoms with van der Waals surface area (Å²) in [7, 11) is 1.19. The van der Waals surface area contributed by atoms with Gasteiger partial charge in [-0.05, 0) is 29.5 Å². The van der Waals surface area contributed by atoms with Gasteiger partial charge in [0.1, 0.15) is 0 Å². The summed E-state index contributed by atoms with van der Waals surface area (Å²) < 4.78 is 44.0. The maximum Gasteiger partial charge on any atom is 0.417 e. The lowest BCUT2D eigenvalue weighted by molar-refractivity contribution is -0.136. The van der Waals surface area contributed by atoms with Gasteiger partial charge in [0.15, 0.2) is 5.17 Å². The first-order valence-corrected chi connectivity index (χ1v) is 8.96. The van der Waals surface area contributed by atoms with Crippen molar-refractivity contribution in [3.8, 4) is 0 Å². The van der Waals surface area contributed by atoms with Crippen LogP contribution < -0.4 is 5.32 Å². The van der Waals surface area contributed by atoms with E-state index in [4.69, 9.17) is 0 Å². The van der Waals surface area contributed by atoms with Crippen LogP contribution in [-0.4, -0.2) is 30.4 Å². The Bertz CT molecular complexity index is 1010. The number of hydrogen-bond donors (Lipinski definition) is 1. The third kappa shape index (κ3) is 4.37. The molecule has 1 fully saturated rings. The van der Waals surface area contributed by atoms with Gasteiger partial charge >= 0.3 is 12.1 Å². The van der Waals surface area contributed by atoms with E-state index in [1.54, 1.807) is 12.1 Å². The molecule has 1 aromatic heterocycles. The number of hydrogen-bond acceptors (Lipinski definition) is 7. The molecule has 2 aromatic rings. The van der Waals surface area contributed by atoms with Crippen LogP contribution in [0.25, 0.3) is 10.1 Å². The molecule has 3 rings (SSSR count). The third-order valence-corrected chi connectivity index (χ3v) is 5.22. The molecule has 0 bridgehead atoms. The van der Waals surface area contributed by atoms with Crippen LogP contribution in [0.3, 0.4) is 0 Å². The fraction of sp³-hybridized carbons (Fsp3) is 0.125. The number of nitrogens with zero attached hydrogens (tertiary/aromatic N) is 2. The zero-order valence-corrected chi connectivity index (χ0v) is 15.2. The average Bonchev–Trinajstić information content (AvgIpc) is 3.18. The molecule has 1 N–H and O–H groups in total. The molecule has 0 saturated carbocycles. The predicted octanol–water partition coefficient (Wildman–Crippen LogP) is 3.53. The van der Waals surface area contributed by atoms with Gasteiger partial charge in [0.25, 0.3) is 5.91 Å². The number of methoxy groups -OCH3 is 1. The summed E-state index contributed by atoms with van der Waals surface area (Å²) in [6, 6.07) is 4.57. The van der Waals surface area contributed by atoms with Gasteiger partial charge in [0.2, 0.25) is 0 Å². The highest BCUT2D eigenvalue weighted by Crippen LogP contribution is 2.38. The molecular weight excluding hydrogens is 403 g/mol. The van der Waals surface area contributed by atoms with E-state index in [0.717, 1.165) is 34.6 Å². The Morgan fingerprint density at radius 2 is 2.11 bits per heavy atom. The normalized spacial score (nSPS) is 18.0. The number of halogens is 3. The molecule has 1 aliphatic heterocycles. The van der Waals surface area contributed by atoms with Gasteiger partial charge in [0.05, 0.1) is 23.8 Å². The maximum absolute atomic E-state index is 13.0. The average molecular weight is 413 g/mol. The van der Waals surface area contributed by atoms with E-state index in [0.29, 0.717) is 10.3 Å². The van der Waals surface area contributed by atoms with Crippen molar-refractivity contribution >= 4 is 56.4 Å². The number of esters is 1. The van der Waals surface area contributed by atoms with Crippen LogP contribution in [-0.2, 0) is 20.5 Å². The van der Waals surface area contributed by atoms with E-state index in [-0.39, 0.29) is 15.5 Å². The van der Waals surface area contributed by atoms with Crippen molar-refractivity contribution in [3.63, 3.8) is 0 Å². The Morgan fingerprint density at radius 1 is 1.33 bits per heavy atom. The lowest BCUT2D eigenvalue weighted by atomic mass is 10.1. The quantitative estimate of drug-likeness (QED) is 0.361. The summed E-state index contributed by atoms with van der Waals surface area (Å²) in [4.78, 5) is 22.9. The molecule has 140 valence electrons. The summed E-state index contributed by atoms with van der Waals surface area (Å²) in [5.41, 5.74) is -0.268. The fourth-order valence-corrected chi connectivity index (χ4v) is 3.82. The molecule has 1 aliphatic rings. The molecule has 11 heteroatoms. The number of carbonyl (C=O) groups is 2. The summed E-state index contributed by atoms with van der Waals surface area (Å²) >= 11 is 1.91. The Kier molecular flexibility index (Phi) is 5.33. The molecule has 0 aliphatic carbocycles. The minimum absolute atomic E-state index is 0.0935. The Labute approximate surface area is 158 Å². The van der Waals surface area contributed by atoms with Gasteiger partial charge in [-0.15, -0.1) is 16.4 Å². The van der Waals surface area contributed by atoms with Crippen LogP contribution in [0.5, 0.6) is 0 Å². The van der Waals surface area contributed by atoms with Crippen LogP contribution in [0.4, 0.5) is 13.2 Å². The molecule has 1 saturated heterocycles. The zero-order valence-electron chi connectivity index (χ0n) is 13.5. The molecule has 0 radical (unpaired) electrons. The largest absolute Gasteiger partial charge is 0.466 e. The molecule has 1 amide bonds. The number of thioether (sulfide) groups is 1. The summed E-state index contributed by atoms with van der Waals surface area (Å²) in [6.45, 7) is 0. The van der Waals surface area contributed by atoms with Gasteiger partial charge < -0.3 is 4.74 Å². The van der Waals surface area contributed by atoms with Crippen LogP contribution in [0.1, 0.15) is 11.1 Å². The molecule has 27 heavy (non-hydrogen) atoms.